The number of halogens is 1. The van der Waals surface area contributed by atoms with Gasteiger partial charge in [-0.05, 0) is 12.1 Å². The predicted octanol–water partition coefficient (Wildman–Crippen LogP) is 1.54. The summed E-state index contributed by atoms with van der Waals surface area (Å²) in [5.41, 5.74) is 5.99. The minimum atomic E-state index is -0.600. The molecule has 0 spiro atoms. The van der Waals surface area contributed by atoms with Crippen molar-refractivity contribution in [2.75, 3.05) is 5.73 Å². The van der Waals surface area contributed by atoms with E-state index in [1.165, 1.54) is 0 Å². The van der Waals surface area contributed by atoms with Crippen molar-refractivity contribution in [3.8, 4) is 17.3 Å². The summed E-state index contributed by atoms with van der Waals surface area (Å²) in [6.07, 6.45) is 0. The summed E-state index contributed by atoms with van der Waals surface area (Å²) in [6.45, 7) is 0. The molecule has 0 amide bonds. The SMILES string of the molecule is N#Cc1c(N)nc(=O)[nH]c1-c1cccc(Cl)c1. The summed E-state index contributed by atoms with van der Waals surface area (Å²) in [5.74, 6) is -0.0915. The van der Waals surface area contributed by atoms with Crippen molar-refractivity contribution in [1.82, 2.24) is 9.97 Å². The Bertz CT molecular complexity index is 672. The van der Waals surface area contributed by atoms with E-state index in [-0.39, 0.29) is 11.4 Å². The van der Waals surface area contributed by atoms with Crippen LogP contribution in [0.1, 0.15) is 5.56 Å². The minimum Gasteiger partial charge on any atom is -0.382 e. The first-order valence-corrected chi connectivity index (χ1v) is 5.05. The lowest BCUT2D eigenvalue weighted by atomic mass is 10.1. The van der Waals surface area contributed by atoms with E-state index in [2.05, 4.69) is 9.97 Å². The summed E-state index contributed by atoms with van der Waals surface area (Å²) in [5, 5.41) is 9.50. The number of aromatic nitrogens is 2. The van der Waals surface area contributed by atoms with Gasteiger partial charge < -0.3 is 10.7 Å². The second-order valence-electron chi connectivity index (χ2n) is 3.30. The summed E-state index contributed by atoms with van der Waals surface area (Å²) in [7, 11) is 0. The van der Waals surface area contributed by atoms with Gasteiger partial charge in [0.1, 0.15) is 17.5 Å². The van der Waals surface area contributed by atoms with Crippen LogP contribution in [0.3, 0.4) is 0 Å². The fourth-order valence-corrected chi connectivity index (χ4v) is 1.65. The van der Waals surface area contributed by atoms with Gasteiger partial charge in [-0.1, -0.05) is 23.7 Å². The Morgan fingerprint density at radius 2 is 2.24 bits per heavy atom. The number of hydrogen-bond donors (Lipinski definition) is 2. The molecule has 0 aliphatic carbocycles. The summed E-state index contributed by atoms with van der Waals surface area (Å²) < 4.78 is 0. The first kappa shape index (κ1) is 11.2. The third kappa shape index (κ3) is 2.12. The number of hydrogen-bond acceptors (Lipinski definition) is 4. The van der Waals surface area contributed by atoms with Crippen LogP contribution < -0.4 is 11.4 Å². The fraction of sp³-hybridized carbons (Fsp3) is 0. The van der Waals surface area contributed by atoms with Crippen LogP contribution in [0.25, 0.3) is 11.3 Å². The molecule has 1 heterocycles. The van der Waals surface area contributed by atoms with Gasteiger partial charge in [0.25, 0.3) is 0 Å². The molecule has 0 aliphatic heterocycles. The standard InChI is InChI=1S/C11H7ClN4O/c12-7-3-1-2-6(4-7)9-8(5-13)10(14)16-11(17)15-9/h1-4H,(H3,14,15,16,17). The highest BCUT2D eigenvalue weighted by Gasteiger charge is 2.11. The Hall–Kier alpha value is -2.32. The van der Waals surface area contributed by atoms with Crippen LogP contribution in [0.2, 0.25) is 5.02 Å². The molecule has 0 aliphatic rings. The van der Waals surface area contributed by atoms with Gasteiger partial charge in [-0.25, -0.2) is 4.79 Å². The molecule has 0 saturated heterocycles. The van der Waals surface area contributed by atoms with Gasteiger partial charge in [-0.3, -0.25) is 0 Å². The van der Waals surface area contributed by atoms with Crippen LogP contribution in [0.4, 0.5) is 5.82 Å². The lowest BCUT2D eigenvalue weighted by molar-refractivity contribution is 1.08. The Labute approximate surface area is 101 Å². The number of benzene rings is 1. The second kappa shape index (κ2) is 4.28. The topological polar surface area (TPSA) is 95.6 Å². The lowest BCUT2D eigenvalue weighted by Crippen LogP contribution is -2.15. The molecule has 0 bridgehead atoms. The molecule has 0 radical (unpaired) electrons. The van der Waals surface area contributed by atoms with Gasteiger partial charge in [0.2, 0.25) is 0 Å². The highest BCUT2D eigenvalue weighted by atomic mass is 35.5. The van der Waals surface area contributed by atoms with Gasteiger partial charge in [0.05, 0.1) is 5.69 Å². The summed E-state index contributed by atoms with van der Waals surface area (Å²) >= 11 is 5.85. The number of nitrogens with two attached hydrogens (primary N) is 1. The summed E-state index contributed by atoms with van der Waals surface area (Å²) in [6, 6.07) is 8.67. The van der Waals surface area contributed by atoms with Crippen molar-refractivity contribution >= 4 is 17.4 Å². The van der Waals surface area contributed by atoms with E-state index < -0.39 is 5.69 Å². The number of nitrogens with zero attached hydrogens (tertiary/aromatic N) is 2. The minimum absolute atomic E-state index is 0.0915. The van der Waals surface area contributed by atoms with Crippen molar-refractivity contribution in [2.45, 2.75) is 0 Å². The average molecular weight is 247 g/mol. The molecule has 5 nitrogen and oxygen atoms in total. The van der Waals surface area contributed by atoms with E-state index in [1.54, 1.807) is 24.3 Å². The number of nitrogen functional groups attached to an aromatic ring is 1. The third-order valence-electron chi connectivity index (χ3n) is 2.19. The van der Waals surface area contributed by atoms with E-state index in [0.717, 1.165) is 0 Å². The molecule has 6 heteroatoms. The van der Waals surface area contributed by atoms with E-state index in [0.29, 0.717) is 16.3 Å². The van der Waals surface area contributed by atoms with Gasteiger partial charge in [-0.2, -0.15) is 10.2 Å². The molecule has 1 aromatic carbocycles. The molecule has 0 unspecified atom stereocenters. The molecule has 84 valence electrons. The normalized spacial score (nSPS) is 9.88. The Balaban J connectivity index is 2.76. The highest BCUT2D eigenvalue weighted by Crippen LogP contribution is 2.24. The second-order valence-corrected chi connectivity index (χ2v) is 3.74. The average Bonchev–Trinajstić information content (AvgIpc) is 2.28. The molecule has 0 saturated carbocycles. The number of H-pyrrole nitrogens is 1. The van der Waals surface area contributed by atoms with Crippen LogP contribution in [0.5, 0.6) is 0 Å². The van der Waals surface area contributed by atoms with Gasteiger partial charge in [0, 0.05) is 10.6 Å². The number of aromatic amines is 1. The zero-order chi connectivity index (χ0) is 12.4. The highest BCUT2D eigenvalue weighted by molar-refractivity contribution is 6.30. The third-order valence-corrected chi connectivity index (χ3v) is 2.42. The zero-order valence-corrected chi connectivity index (χ0v) is 9.32. The van der Waals surface area contributed by atoms with Crippen molar-refractivity contribution in [3.05, 3.63) is 45.3 Å². The van der Waals surface area contributed by atoms with Crippen molar-refractivity contribution < 1.29 is 0 Å². The van der Waals surface area contributed by atoms with E-state index in [4.69, 9.17) is 22.6 Å². The molecule has 2 rings (SSSR count). The maximum absolute atomic E-state index is 11.2. The number of nitrogens with one attached hydrogen (secondary N) is 1. The van der Waals surface area contributed by atoms with Crippen LogP contribution >= 0.6 is 11.6 Å². The smallest absolute Gasteiger partial charge is 0.347 e. The molecule has 1 aromatic heterocycles. The molecule has 2 aromatic rings. The van der Waals surface area contributed by atoms with E-state index in [9.17, 15) is 4.79 Å². The fourth-order valence-electron chi connectivity index (χ4n) is 1.46. The van der Waals surface area contributed by atoms with Crippen LogP contribution in [-0.2, 0) is 0 Å². The Kier molecular flexibility index (Phi) is 2.81. The molecule has 17 heavy (non-hydrogen) atoms. The Morgan fingerprint density at radius 1 is 1.47 bits per heavy atom. The van der Waals surface area contributed by atoms with Crippen molar-refractivity contribution in [2.24, 2.45) is 0 Å². The first-order valence-electron chi connectivity index (χ1n) is 4.67. The van der Waals surface area contributed by atoms with E-state index >= 15 is 0 Å². The molecular formula is C11H7ClN4O. The number of rotatable bonds is 1. The molecular weight excluding hydrogens is 240 g/mol. The Morgan fingerprint density at radius 3 is 2.88 bits per heavy atom. The van der Waals surface area contributed by atoms with Crippen LogP contribution in [-0.4, -0.2) is 9.97 Å². The van der Waals surface area contributed by atoms with Crippen molar-refractivity contribution in [1.29, 1.82) is 5.26 Å². The monoisotopic (exact) mass is 246 g/mol. The number of anilines is 1. The maximum atomic E-state index is 11.2. The molecule has 0 atom stereocenters. The van der Waals surface area contributed by atoms with Crippen LogP contribution in [0, 0.1) is 11.3 Å². The van der Waals surface area contributed by atoms with Crippen molar-refractivity contribution in [3.63, 3.8) is 0 Å². The largest absolute Gasteiger partial charge is 0.382 e. The van der Waals surface area contributed by atoms with Gasteiger partial charge in [0.15, 0.2) is 0 Å². The molecule has 0 fully saturated rings. The molecule has 3 N–H and O–H groups in total. The number of nitriles is 1. The van der Waals surface area contributed by atoms with Gasteiger partial charge >= 0.3 is 5.69 Å². The maximum Gasteiger partial charge on any atom is 0.347 e. The first-order chi connectivity index (χ1) is 8.11. The quantitative estimate of drug-likeness (QED) is 0.798. The lowest BCUT2D eigenvalue weighted by Gasteiger charge is -2.05. The zero-order valence-electron chi connectivity index (χ0n) is 8.57. The van der Waals surface area contributed by atoms with Crippen LogP contribution in [0.15, 0.2) is 29.1 Å². The van der Waals surface area contributed by atoms with E-state index in [1.807, 2.05) is 6.07 Å². The predicted molar refractivity (Wildman–Crippen MR) is 64.4 cm³/mol. The summed E-state index contributed by atoms with van der Waals surface area (Å²) in [4.78, 5) is 17.2. The van der Waals surface area contributed by atoms with Gasteiger partial charge in [-0.15, -0.1) is 0 Å².